The van der Waals surface area contributed by atoms with E-state index in [1.807, 2.05) is 31.0 Å². The van der Waals surface area contributed by atoms with Crippen LogP contribution in [0.5, 0.6) is 0 Å². The molecule has 2 saturated heterocycles. The van der Waals surface area contributed by atoms with Crippen molar-refractivity contribution in [2.75, 3.05) is 31.1 Å². The first-order chi connectivity index (χ1) is 12.6. The van der Waals surface area contributed by atoms with Crippen LogP contribution in [0.15, 0.2) is 24.5 Å². The molecule has 0 aromatic carbocycles. The standard InChI is InChI=1S/C19H26N6O/c1-14-12-17(23(2)22-14)18(26)25-11-6-16(13-25)15-4-9-24(10-5-15)19-20-7-3-8-21-19/h3,7-8,12,15-16H,4-6,9-11,13H2,1-2H3/t16-/m0/s1. The Bertz CT molecular complexity index is 766. The van der Waals surface area contributed by atoms with E-state index in [0.29, 0.717) is 17.5 Å². The second-order valence-electron chi connectivity index (χ2n) is 7.47. The summed E-state index contributed by atoms with van der Waals surface area (Å²) in [6.45, 7) is 5.65. The van der Waals surface area contributed by atoms with Crippen LogP contribution >= 0.6 is 0 Å². The van der Waals surface area contributed by atoms with Crippen molar-refractivity contribution in [3.8, 4) is 0 Å². The third kappa shape index (κ3) is 3.30. The molecule has 1 amide bonds. The summed E-state index contributed by atoms with van der Waals surface area (Å²) >= 11 is 0. The highest BCUT2D eigenvalue weighted by atomic mass is 16.2. The van der Waals surface area contributed by atoms with Crippen molar-refractivity contribution in [1.82, 2.24) is 24.6 Å². The summed E-state index contributed by atoms with van der Waals surface area (Å²) in [4.78, 5) is 25.8. The highest BCUT2D eigenvalue weighted by Crippen LogP contribution is 2.33. The summed E-state index contributed by atoms with van der Waals surface area (Å²) in [6.07, 6.45) is 7.00. The maximum Gasteiger partial charge on any atom is 0.272 e. The minimum atomic E-state index is 0.116. The van der Waals surface area contributed by atoms with Crippen LogP contribution in [0.2, 0.25) is 0 Å². The molecule has 2 aromatic heterocycles. The zero-order valence-corrected chi connectivity index (χ0v) is 15.5. The summed E-state index contributed by atoms with van der Waals surface area (Å²) in [7, 11) is 1.84. The van der Waals surface area contributed by atoms with E-state index in [1.165, 1.54) is 0 Å². The summed E-state index contributed by atoms with van der Waals surface area (Å²) in [5, 5.41) is 4.30. The second-order valence-corrected chi connectivity index (χ2v) is 7.47. The van der Waals surface area contributed by atoms with Crippen LogP contribution in [-0.2, 0) is 7.05 Å². The molecule has 7 heteroatoms. The topological polar surface area (TPSA) is 67.2 Å². The van der Waals surface area contributed by atoms with E-state index in [4.69, 9.17) is 0 Å². The van der Waals surface area contributed by atoms with Gasteiger partial charge in [0.25, 0.3) is 5.91 Å². The Morgan fingerprint density at radius 2 is 1.77 bits per heavy atom. The van der Waals surface area contributed by atoms with Gasteiger partial charge >= 0.3 is 0 Å². The van der Waals surface area contributed by atoms with E-state index in [9.17, 15) is 4.79 Å². The maximum absolute atomic E-state index is 12.8. The molecule has 2 fully saturated rings. The van der Waals surface area contributed by atoms with Gasteiger partial charge in [-0.1, -0.05) is 0 Å². The fourth-order valence-electron chi connectivity index (χ4n) is 4.35. The Balaban J connectivity index is 1.33. The Kier molecular flexibility index (Phi) is 4.61. The molecule has 0 aliphatic carbocycles. The largest absolute Gasteiger partial charge is 0.341 e. The Labute approximate surface area is 154 Å². The van der Waals surface area contributed by atoms with E-state index in [2.05, 4.69) is 20.0 Å². The van der Waals surface area contributed by atoms with Crippen molar-refractivity contribution in [1.29, 1.82) is 0 Å². The summed E-state index contributed by atoms with van der Waals surface area (Å²) in [5.41, 5.74) is 1.58. The van der Waals surface area contributed by atoms with E-state index in [0.717, 1.165) is 57.1 Å². The zero-order valence-electron chi connectivity index (χ0n) is 15.5. The number of piperidine rings is 1. The Morgan fingerprint density at radius 1 is 1.08 bits per heavy atom. The number of likely N-dealkylation sites (tertiary alicyclic amines) is 1. The lowest BCUT2D eigenvalue weighted by Crippen LogP contribution is -2.38. The second kappa shape index (κ2) is 7.05. The predicted molar refractivity (Wildman–Crippen MR) is 98.9 cm³/mol. The Morgan fingerprint density at radius 3 is 2.42 bits per heavy atom. The van der Waals surface area contributed by atoms with Crippen molar-refractivity contribution < 1.29 is 4.79 Å². The molecule has 26 heavy (non-hydrogen) atoms. The number of hydrogen-bond acceptors (Lipinski definition) is 5. The first-order valence-electron chi connectivity index (χ1n) is 9.43. The van der Waals surface area contributed by atoms with Gasteiger partial charge in [-0.15, -0.1) is 0 Å². The number of hydrogen-bond donors (Lipinski definition) is 0. The van der Waals surface area contributed by atoms with Gasteiger partial charge in [0, 0.05) is 45.6 Å². The van der Waals surface area contributed by atoms with E-state index in [-0.39, 0.29) is 5.91 Å². The molecule has 7 nitrogen and oxygen atoms in total. The molecule has 0 N–H and O–H groups in total. The predicted octanol–water partition coefficient (Wildman–Crippen LogP) is 1.90. The number of aromatic nitrogens is 4. The van der Waals surface area contributed by atoms with Crippen LogP contribution in [0.4, 0.5) is 5.95 Å². The number of carbonyl (C=O) groups excluding carboxylic acids is 1. The van der Waals surface area contributed by atoms with E-state index < -0.39 is 0 Å². The molecule has 4 rings (SSSR count). The monoisotopic (exact) mass is 354 g/mol. The average molecular weight is 354 g/mol. The van der Waals surface area contributed by atoms with Gasteiger partial charge in [-0.05, 0) is 50.2 Å². The van der Waals surface area contributed by atoms with Crippen LogP contribution in [0, 0.1) is 18.8 Å². The molecule has 138 valence electrons. The fourth-order valence-corrected chi connectivity index (χ4v) is 4.35. The third-order valence-electron chi connectivity index (χ3n) is 5.77. The normalized spacial score (nSPS) is 21.4. The summed E-state index contributed by atoms with van der Waals surface area (Å²) in [6, 6.07) is 3.73. The highest BCUT2D eigenvalue weighted by Gasteiger charge is 2.35. The molecule has 2 aromatic rings. The molecule has 0 spiro atoms. The quantitative estimate of drug-likeness (QED) is 0.842. The van der Waals surface area contributed by atoms with Gasteiger partial charge in [-0.3, -0.25) is 9.48 Å². The maximum atomic E-state index is 12.8. The van der Waals surface area contributed by atoms with Crippen molar-refractivity contribution in [3.05, 3.63) is 35.9 Å². The number of rotatable bonds is 3. The van der Waals surface area contributed by atoms with Crippen LogP contribution in [0.25, 0.3) is 0 Å². The van der Waals surface area contributed by atoms with Gasteiger partial charge in [-0.25, -0.2) is 9.97 Å². The van der Waals surface area contributed by atoms with Gasteiger partial charge in [0.15, 0.2) is 0 Å². The minimum absolute atomic E-state index is 0.116. The van der Waals surface area contributed by atoms with Gasteiger partial charge in [-0.2, -0.15) is 5.10 Å². The van der Waals surface area contributed by atoms with Gasteiger partial charge in [0.05, 0.1) is 5.69 Å². The van der Waals surface area contributed by atoms with Crippen LogP contribution in [-0.4, -0.2) is 56.7 Å². The van der Waals surface area contributed by atoms with Gasteiger partial charge < -0.3 is 9.80 Å². The number of carbonyl (C=O) groups is 1. The zero-order chi connectivity index (χ0) is 18.1. The highest BCUT2D eigenvalue weighted by molar-refractivity contribution is 5.92. The molecule has 0 unspecified atom stereocenters. The number of nitrogens with zero attached hydrogens (tertiary/aromatic N) is 6. The first kappa shape index (κ1) is 17.0. The number of anilines is 1. The van der Waals surface area contributed by atoms with Crippen LogP contribution in [0.3, 0.4) is 0 Å². The number of amides is 1. The lowest BCUT2D eigenvalue weighted by molar-refractivity contribution is 0.0770. The van der Waals surface area contributed by atoms with Gasteiger partial charge in [0.2, 0.25) is 5.95 Å². The molecular weight excluding hydrogens is 328 g/mol. The van der Waals surface area contributed by atoms with Crippen molar-refractivity contribution >= 4 is 11.9 Å². The molecule has 1 atom stereocenters. The molecule has 0 bridgehead atoms. The van der Waals surface area contributed by atoms with Crippen molar-refractivity contribution in [2.24, 2.45) is 18.9 Å². The molecule has 0 radical (unpaired) electrons. The fraction of sp³-hybridized carbons (Fsp3) is 0.579. The summed E-state index contributed by atoms with van der Waals surface area (Å²) < 4.78 is 1.70. The lowest BCUT2D eigenvalue weighted by Gasteiger charge is -2.34. The average Bonchev–Trinajstić information content (AvgIpc) is 3.29. The van der Waals surface area contributed by atoms with Crippen molar-refractivity contribution in [2.45, 2.75) is 26.2 Å². The molecule has 2 aliphatic rings. The molecular formula is C19H26N6O. The molecule has 4 heterocycles. The van der Waals surface area contributed by atoms with Crippen LogP contribution in [0.1, 0.15) is 35.4 Å². The van der Waals surface area contributed by atoms with Crippen LogP contribution < -0.4 is 4.90 Å². The van der Waals surface area contributed by atoms with E-state index in [1.54, 1.807) is 17.1 Å². The SMILES string of the molecule is Cc1cc(C(=O)N2CC[C@H](C3CCN(c4ncccn4)CC3)C2)n(C)n1. The Hall–Kier alpha value is -2.44. The lowest BCUT2D eigenvalue weighted by atomic mass is 9.84. The first-order valence-corrected chi connectivity index (χ1v) is 9.43. The third-order valence-corrected chi connectivity index (χ3v) is 5.77. The number of aryl methyl sites for hydroxylation is 2. The van der Waals surface area contributed by atoms with E-state index >= 15 is 0 Å². The molecule has 0 saturated carbocycles. The summed E-state index contributed by atoms with van der Waals surface area (Å²) in [5.74, 6) is 2.24. The van der Waals surface area contributed by atoms with Gasteiger partial charge in [0.1, 0.15) is 5.69 Å². The minimum Gasteiger partial charge on any atom is -0.341 e. The molecule has 2 aliphatic heterocycles. The van der Waals surface area contributed by atoms with Crippen molar-refractivity contribution in [3.63, 3.8) is 0 Å². The smallest absolute Gasteiger partial charge is 0.272 e.